The second kappa shape index (κ2) is 12.5. The van der Waals surface area contributed by atoms with Crippen molar-refractivity contribution in [2.45, 2.75) is 93.8 Å². The first-order valence-electron chi connectivity index (χ1n) is 13.9. The molecule has 0 spiro atoms. The van der Waals surface area contributed by atoms with Crippen LogP contribution in [-0.2, 0) is 0 Å². The van der Waals surface area contributed by atoms with Crippen LogP contribution in [0.3, 0.4) is 0 Å². The average Bonchev–Trinajstić information content (AvgIpc) is 3.39. The molecule has 2 saturated carbocycles. The predicted molar refractivity (Wildman–Crippen MR) is 153 cm³/mol. The van der Waals surface area contributed by atoms with Gasteiger partial charge >= 0.3 is 0 Å². The highest BCUT2D eigenvalue weighted by Gasteiger charge is 2.40. The summed E-state index contributed by atoms with van der Waals surface area (Å²) in [6.45, 7) is 1.27. The number of nitrogens with zero attached hydrogens (tertiary/aromatic N) is 1. The Morgan fingerprint density at radius 1 is 0.706 bits per heavy atom. The largest absolute Gasteiger partial charge is 0.301 e. The van der Waals surface area contributed by atoms with Crippen molar-refractivity contribution in [3.8, 4) is 0 Å². The summed E-state index contributed by atoms with van der Waals surface area (Å²) in [6, 6.07) is 22.5. The first-order valence-corrected chi connectivity index (χ1v) is 17.0. The molecule has 1 N–H and O–H groups in total. The van der Waals surface area contributed by atoms with Crippen molar-refractivity contribution in [1.29, 1.82) is 0 Å². The second-order valence-corrected chi connectivity index (χ2v) is 16.1. The van der Waals surface area contributed by atoms with Crippen LogP contribution >= 0.6 is 15.8 Å². The standard InChI is InChI=1S/C30H44N2P2/c1-32(24-33(25-14-6-2-7-15-25)26-16-8-3-9-17-26)30-22-29(23-31-30)34(27-18-10-4-11-19-27)28-20-12-5-13-21-28/h2-3,6-9,14-17,27-31H,4-5,10-13,18-24H2,1H3/t29-,30-/m1/s1. The molecule has 2 aliphatic carbocycles. The fourth-order valence-electron chi connectivity index (χ4n) is 6.76. The van der Waals surface area contributed by atoms with Gasteiger partial charge in [0.1, 0.15) is 0 Å². The third-order valence-corrected chi connectivity index (χ3v) is 15.1. The quantitative estimate of drug-likeness (QED) is 0.404. The van der Waals surface area contributed by atoms with Gasteiger partial charge in [0, 0.05) is 12.8 Å². The normalized spacial score (nSPS) is 24.9. The van der Waals surface area contributed by atoms with E-state index in [1.807, 2.05) is 0 Å². The van der Waals surface area contributed by atoms with Crippen LogP contribution < -0.4 is 15.9 Å². The first kappa shape index (κ1) is 24.9. The third kappa shape index (κ3) is 6.13. The van der Waals surface area contributed by atoms with E-state index in [0.717, 1.165) is 23.3 Å². The van der Waals surface area contributed by atoms with Gasteiger partial charge in [-0.3, -0.25) is 4.90 Å². The van der Waals surface area contributed by atoms with Gasteiger partial charge in [0.15, 0.2) is 0 Å². The SMILES string of the molecule is CN(CP(c1ccccc1)c1ccccc1)[C@@H]1C[C@@H](P(C2CCCCC2)C2CCCCC2)CN1. The molecule has 0 bridgehead atoms. The Labute approximate surface area is 210 Å². The van der Waals surface area contributed by atoms with Crippen molar-refractivity contribution in [3.05, 3.63) is 60.7 Å². The predicted octanol–water partition coefficient (Wildman–Crippen LogP) is 6.84. The number of nitrogens with one attached hydrogen (secondary N) is 1. The van der Waals surface area contributed by atoms with Crippen molar-refractivity contribution in [3.63, 3.8) is 0 Å². The molecule has 1 aliphatic heterocycles. The molecule has 2 aromatic carbocycles. The summed E-state index contributed by atoms with van der Waals surface area (Å²) in [7, 11) is 2.17. The maximum absolute atomic E-state index is 4.03. The second-order valence-electron chi connectivity index (χ2n) is 10.8. The van der Waals surface area contributed by atoms with E-state index in [1.165, 1.54) is 87.8 Å². The Kier molecular flexibility index (Phi) is 9.12. The number of hydrogen-bond donors (Lipinski definition) is 1. The maximum Gasteiger partial charge on any atom is 0.0604 e. The van der Waals surface area contributed by atoms with Crippen LogP contribution in [0.5, 0.6) is 0 Å². The van der Waals surface area contributed by atoms with E-state index in [-0.39, 0.29) is 15.8 Å². The molecule has 0 aromatic heterocycles. The minimum atomic E-state index is -0.369. The zero-order valence-electron chi connectivity index (χ0n) is 21.1. The summed E-state index contributed by atoms with van der Waals surface area (Å²) in [5, 5.41) is 7.02. The lowest BCUT2D eigenvalue weighted by atomic mass is 9.99. The molecule has 34 heavy (non-hydrogen) atoms. The van der Waals surface area contributed by atoms with Gasteiger partial charge in [-0.25, -0.2) is 0 Å². The summed E-state index contributed by atoms with van der Waals surface area (Å²) >= 11 is 0. The summed E-state index contributed by atoms with van der Waals surface area (Å²) in [4.78, 5) is 2.67. The Hall–Kier alpha value is -0.780. The lowest BCUT2D eigenvalue weighted by Gasteiger charge is -2.42. The molecular weight excluding hydrogens is 450 g/mol. The Bertz CT molecular complexity index is 791. The summed E-state index contributed by atoms with van der Waals surface area (Å²) < 4.78 is 0. The fourth-order valence-corrected chi connectivity index (χ4v) is 13.6. The molecule has 3 aliphatic rings. The van der Waals surface area contributed by atoms with Crippen molar-refractivity contribution in [2.75, 3.05) is 19.9 Å². The molecule has 2 atom stereocenters. The van der Waals surface area contributed by atoms with Gasteiger partial charge < -0.3 is 5.32 Å². The highest BCUT2D eigenvalue weighted by Crippen LogP contribution is 2.60. The van der Waals surface area contributed by atoms with E-state index in [2.05, 4.69) is 77.9 Å². The number of benzene rings is 2. The molecule has 5 rings (SSSR count). The van der Waals surface area contributed by atoms with Gasteiger partial charge in [0.25, 0.3) is 0 Å². The minimum absolute atomic E-state index is 0.159. The Balaban J connectivity index is 1.28. The highest BCUT2D eigenvalue weighted by atomic mass is 31.1. The molecule has 4 heteroatoms. The van der Waals surface area contributed by atoms with E-state index in [4.69, 9.17) is 0 Å². The molecule has 0 unspecified atom stereocenters. The minimum Gasteiger partial charge on any atom is -0.301 e. The van der Waals surface area contributed by atoms with Crippen molar-refractivity contribution < 1.29 is 0 Å². The smallest absolute Gasteiger partial charge is 0.0604 e. The van der Waals surface area contributed by atoms with Gasteiger partial charge in [0.05, 0.1) is 6.17 Å². The monoisotopic (exact) mass is 494 g/mol. The number of rotatable bonds is 8. The van der Waals surface area contributed by atoms with Gasteiger partial charge in [-0.2, -0.15) is 0 Å². The topological polar surface area (TPSA) is 15.3 Å². The van der Waals surface area contributed by atoms with E-state index in [9.17, 15) is 0 Å². The van der Waals surface area contributed by atoms with E-state index in [1.54, 1.807) is 0 Å². The van der Waals surface area contributed by atoms with E-state index in [0.29, 0.717) is 6.17 Å². The lowest BCUT2D eigenvalue weighted by molar-refractivity contribution is 0.262. The molecule has 184 valence electrons. The molecular formula is C30H44N2P2. The van der Waals surface area contributed by atoms with Crippen LogP contribution in [0.15, 0.2) is 60.7 Å². The zero-order chi connectivity index (χ0) is 23.2. The average molecular weight is 495 g/mol. The van der Waals surface area contributed by atoms with Crippen LogP contribution in [0.2, 0.25) is 0 Å². The van der Waals surface area contributed by atoms with Crippen LogP contribution in [0, 0.1) is 0 Å². The van der Waals surface area contributed by atoms with Crippen LogP contribution in [0.4, 0.5) is 0 Å². The van der Waals surface area contributed by atoms with Gasteiger partial charge in [-0.15, -0.1) is 0 Å². The molecule has 0 radical (unpaired) electrons. The highest BCUT2D eigenvalue weighted by molar-refractivity contribution is 7.72. The molecule has 2 nitrogen and oxygen atoms in total. The first-order chi connectivity index (χ1) is 16.8. The maximum atomic E-state index is 4.03. The molecule has 3 fully saturated rings. The van der Waals surface area contributed by atoms with E-state index < -0.39 is 0 Å². The molecule has 1 saturated heterocycles. The number of hydrogen-bond acceptors (Lipinski definition) is 2. The Morgan fingerprint density at radius 2 is 1.21 bits per heavy atom. The summed E-state index contributed by atoms with van der Waals surface area (Å²) in [5.41, 5.74) is 3.07. The Morgan fingerprint density at radius 3 is 1.71 bits per heavy atom. The molecule has 2 aromatic rings. The van der Waals surface area contributed by atoms with E-state index >= 15 is 0 Å². The zero-order valence-corrected chi connectivity index (χ0v) is 22.9. The lowest BCUT2D eigenvalue weighted by Crippen LogP contribution is -2.40. The van der Waals surface area contributed by atoms with Crippen LogP contribution in [0.1, 0.15) is 70.6 Å². The van der Waals surface area contributed by atoms with Crippen molar-refractivity contribution in [2.24, 2.45) is 0 Å². The van der Waals surface area contributed by atoms with Gasteiger partial charge in [-0.1, -0.05) is 107 Å². The molecule has 0 amide bonds. The summed E-state index contributed by atoms with van der Waals surface area (Å²) in [6.07, 6.45) is 18.2. The summed E-state index contributed by atoms with van der Waals surface area (Å²) in [5.74, 6) is 0. The molecule has 1 heterocycles. The van der Waals surface area contributed by atoms with Crippen molar-refractivity contribution in [1.82, 2.24) is 10.2 Å². The fraction of sp³-hybridized carbons (Fsp3) is 0.600. The van der Waals surface area contributed by atoms with Crippen LogP contribution in [0.25, 0.3) is 0 Å². The third-order valence-electron chi connectivity index (χ3n) is 8.53. The van der Waals surface area contributed by atoms with Gasteiger partial charge in [0.2, 0.25) is 0 Å². The van der Waals surface area contributed by atoms with Gasteiger partial charge in [-0.05, 0) is 74.7 Å². The van der Waals surface area contributed by atoms with Crippen molar-refractivity contribution >= 4 is 26.5 Å². The van der Waals surface area contributed by atoms with Crippen LogP contribution in [-0.4, -0.2) is 47.9 Å².